The van der Waals surface area contributed by atoms with E-state index >= 15 is 0 Å². The highest BCUT2D eigenvalue weighted by atomic mass is 16.5. The largest absolute Gasteiger partial charge is 0.388 e. The zero-order valence-corrected chi connectivity index (χ0v) is 12.3. The van der Waals surface area contributed by atoms with Crippen molar-refractivity contribution in [2.45, 2.75) is 12.5 Å². The number of benzene rings is 1. The normalized spacial score (nSPS) is 12.6. The van der Waals surface area contributed by atoms with Gasteiger partial charge in [0, 0.05) is 39.8 Å². The summed E-state index contributed by atoms with van der Waals surface area (Å²) in [6.45, 7) is 2.86. The summed E-state index contributed by atoms with van der Waals surface area (Å²) < 4.78 is 10.4. The van der Waals surface area contributed by atoms with Gasteiger partial charge in [0.05, 0.1) is 19.0 Å². The van der Waals surface area contributed by atoms with E-state index < -0.39 is 0 Å². The molecule has 0 radical (unpaired) electrons. The van der Waals surface area contributed by atoms with Gasteiger partial charge in [0.1, 0.15) is 0 Å². The van der Waals surface area contributed by atoms with Gasteiger partial charge in [-0.15, -0.1) is 0 Å². The molecule has 1 rings (SSSR count). The Morgan fingerprint density at radius 2 is 1.70 bits per heavy atom. The first-order chi connectivity index (χ1) is 9.69. The Hall–Kier alpha value is -1.43. The maximum absolute atomic E-state index is 7.61. The minimum atomic E-state index is 0.0824. The minimum Gasteiger partial charge on any atom is -0.388 e. The van der Waals surface area contributed by atoms with Crippen LogP contribution in [0.2, 0.25) is 0 Å². The first-order valence-corrected chi connectivity index (χ1v) is 6.78. The van der Waals surface area contributed by atoms with Gasteiger partial charge in [0.15, 0.2) is 0 Å². The summed E-state index contributed by atoms with van der Waals surface area (Å²) >= 11 is 0. The van der Waals surface area contributed by atoms with E-state index in [1.165, 1.54) is 0 Å². The maximum Gasteiger partial charge on any atom is 0.0924 e. The zero-order chi connectivity index (χ0) is 14.8. The molecule has 3 N–H and O–H groups in total. The second kappa shape index (κ2) is 9.47. The number of hydrogen-bond acceptors (Lipinski definition) is 4. The molecule has 0 amide bonds. The van der Waals surface area contributed by atoms with Gasteiger partial charge in [-0.1, -0.05) is 30.3 Å². The molecule has 0 saturated heterocycles. The fourth-order valence-electron chi connectivity index (χ4n) is 2.18. The van der Waals surface area contributed by atoms with E-state index in [9.17, 15) is 0 Å². The van der Waals surface area contributed by atoms with Crippen LogP contribution in [0.5, 0.6) is 0 Å². The first kappa shape index (κ1) is 16.6. The molecule has 0 heterocycles. The Morgan fingerprint density at radius 3 is 2.15 bits per heavy atom. The van der Waals surface area contributed by atoms with Crippen LogP contribution in [0, 0.1) is 5.41 Å². The summed E-state index contributed by atoms with van der Waals surface area (Å²) in [6.07, 6.45) is 0.511. The number of hydrogen-bond donors (Lipinski definition) is 2. The first-order valence-electron chi connectivity index (χ1n) is 6.78. The highest BCUT2D eigenvalue weighted by Crippen LogP contribution is 2.23. The zero-order valence-electron chi connectivity index (χ0n) is 12.3. The molecule has 0 aliphatic heterocycles. The molecule has 20 heavy (non-hydrogen) atoms. The third-order valence-corrected chi connectivity index (χ3v) is 3.20. The van der Waals surface area contributed by atoms with Crippen LogP contribution in [-0.4, -0.2) is 51.3 Å². The summed E-state index contributed by atoms with van der Waals surface area (Å²) in [6, 6.07) is 10.2. The summed E-state index contributed by atoms with van der Waals surface area (Å²) in [5.74, 6) is 0.193. The smallest absolute Gasteiger partial charge is 0.0924 e. The molecule has 0 aromatic heterocycles. The van der Waals surface area contributed by atoms with Crippen LogP contribution in [0.25, 0.3) is 0 Å². The number of methoxy groups -OCH3 is 2. The number of nitrogens with zero attached hydrogens (tertiary/aromatic N) is 1. The van der Waals surface area contributed by atoms with Gasteiger partial charge in [0.2, 0.25) is 0 Å². The van der Waals surface area contributed by atoms with E-state index in [2.05, 4.69) is 17.0 Å². The van der Waals surface area contributed by atoms with E-state index in [0.29, 0.717) is 19.6 Å². The van der Waals surface area contributed by atoms with Crippen molar-refractivity contribution >= 4 is 5.84 Å². The molecule has 0 bridgehead atoms. The Labute approximate surface area is 121 Å². The Balaban J connectivity index is 2.87. The van der Waals surface area contributed by atoms with Gasteiger partial charge >= 0.3 is 0 Å². The molecule has 1 aromatic carbocycles. The van der Waals surface area contributed by atoms with Gasteiger partial charge < -0.3 is 15.2 Å². The summed E-state index contributed by atoms with van der Waals surface area (Å²) in [5, 5.41) is 7.61. The van der Waals surface area contributed by atoms with Crippen molar-refractivity contribution in [3.8, 4) is 0 Å². The number of nitrogens with one attached hydrogen (secondary N) is 1. The van der Waals surface area contributed by atoms with E-state index in [-0.39, 0.29) is 11.9 Å². The highest BCUT2D eigenvalue weighted by molar-refractivity contribution is 5.77. The highest BCUT2D eigenvalue weighted by Gasteiger charge is 2.20. The Kier molecular flexibility index (Phi) is 7.87. The number of rotatable bonds is 10. The fourth-order valence-corrected chi connectivity index (χ4v) is 2.18. The lowest BCUT2D eigenvalue weighted by Crippen LogP contribution is -2.36. The quantitative estimate of drug-likeness (QED) is 0.504. The molecule has 1 atom stereocenters. The second-order valence-electron chi connectivity index (χ2n) is 4.68. The van der Waals surface area contributed by atoms with Crippen molar-refractivity contribution in [3.05, 3.63) is 35.9 Å². The summed E-state index contributed by atoms with van der Waals surface area (Å²) in [7, 11) is 3.38. The molecular weight excluding hydrogens is 254 g/mol. The average molecular weight is 279 g/mol. The number of nitrogens with two attached hydrogens (primary N) is 1. The minimum absolute atomic E-state index is 0.0824. The van der Waals surface area contributed by atoms with Crippen molar-refractivity contribution in [3.63, 3.8) is 0 Å². The molecular formula is C15H25N3O2. The van der Waals surface area contributed by atoms with Crippen LogP contribution < -0.4 is 5.73 Å². The fraction of sp³-hybridized carbons (Fsp3) is 0.533. The third-order valence-electron chi connectivity index (χ3n) is 3.20. The molecule has 5 heteroatoms. The molecule has 1 aromatic rings. The van der Waals surface area contributed by atoms with Gasteiger partial charge in [-0.3, -0.25) is 10.3 Å². The van der Waals surface area contributed by atoms with Crippen LogP contribution >= 0.6 is 0 Å². The lowest BCUT2D eigenvalue weighted by molar-refractivity contribution is 0.0886. The van der Waals surface area contributed by atoms with Crippen LogP contribution in [0.15, 0.2) is 30.3 Å². The maximum atomic E-state index is 7.61. The van der Waals surface area contributed by atoms with E-state index in [1.54, 1.807) is 14.2 Å². The van der Waals surface area contributed by atoms with E-state index in [0.717, 1.165) is 18.7 Å². The Bertz CT molecular complexity index is 376. The lowest BCUT2D eigenvalue weighted by atomic mass is 10.0. The molecule has 1 unspecified atom stereocenters. The second-order valence-corrected chi connectivity index (χ2v) is 4.68. The van der Waals surface area contributed by atoms with Gasteiger partial charge in [-0.05, 0) is 5.56 Å². The predicted octanol–water partition coefficient (Wildman–Crippen LogP) is 1.65. The van der Waals surface area contributed by atoms with Gasteiger partial charge in [0.25, 0.3) is 0 Å². The van der Waals surface area contributed by atoms with Gasteiger partial charge in [-0.25, -0.2) is 0 Å². The molecule has 0 aliphatic carbocycles. The summed E-state index contributed by atoms with van der Waals surface area (Å²) in [4.78, 5) is 2.25. The number of ether oxygens (including phenoxy) is 2. The van der Waals surface area contributed by atoms with Crippen molar-refractivity contribution in [1.29, 1.82) is 5.41 Å². The Morgan fingerprint density at radius 1 is 1.15 bits per heavy atom. The average Bonchev–Trinajstić information content (AvgIpc) is 2.46. The lowest BCUT2D eigenvalue weighted by Gasteiger charge is -2.31. The van der Waals surface area contributed by atoms with Crippen LogP contribution in [0.1, 0.15) is 18.0 Å². The molecule has 0 fully saturated rings. The van der Waals surface area contributed by atoms with Crippen LogP contribution in [0.3, 0.4) is 0 Å². The van der Waals surface area contributed by atoms with Crippen LogP contribution in [-0.2, 0) is 9.47 Å². The topological polar surface area (TPSA) is 71.6 Å². The summed E-state index contributed by atoms with van der Waals surface area (Å²) in [5.41, 5.74) is 6.78. The van der Waals surface area contributed by atoms with Crippen molar-refractivity contribution in [2.24, 2.45) is 5.73 Å². The van der Waals surface area contributed by atoms with E-state index in [4.69, 9.17) is 20.6 Å². The molecule has 0 saturated carbocycles. The monoisotopic (exact) mass is 279 g/mol. The molecule has 0 spiro atoms. The molecule has 112 valence electrons. The number of amidine groups is 1. The van der Waals surface area contributed by atoms with Crippen molar-refractivity contribution in [1.82, 2.24) is 4.90 Å². The predicted molar refractivity (Wildman–Crippen MR) is 81.0 cm³/mol. The standard InChI is InChI=1S/C15H25N3O2/c1-19-10-8-18(9-11-20-2)14(12-15(16)17)13-6-4-3-5-7-13/h3-7,14H,8-12H2,1-2H3,(H3,16,17). The molecule has 5 nitrogen and oxygen atoms in total. The van der Waals surface area contributed by atoms with Crippen molar-refractivity contribution in [2.75, 3.05) is 40.5 Å². The van der Waals surface area contributed by atoms with Crippen LogP contribution in [0.4, 0.5) is 0 Å². The van der Waals surface area contributed by atoms with Gasteiger partial charge in [-0.2, -0.15) is 0 Å². The van der Waals surface area contributed by atoms with E-state index in [1.807, 2.05) is 18.2 Å². The third kappa shape index (κ3) is 5.69. The SMILES string of the molecule is COCCN(CCOC)C(CC(=N)N)c1ccccc1. The molecule has 0 aliphatic rings. The van der Waals surface area contributed by atoms with Crippen molar-refractivity contribution < 1.29 is 9.47 Å².